The van der Waals surface area contributed by atoms with E-state index in [1.807, 2.05) is 31.3 Å². The third-order valence-electron chi connectivity index (χ3n) is 2.76. The molecular weight excluding hydrogens is 234 g/mol. The summed E-state index contributed by atoms with van der Waals surface area (Å²) >= 11 is 6.03. The minimum absolute atomic E-state index is 0.616. The molecule has 0 spiro atoms. The maximum absolute atomic E-state index is 6.03. The van der Waals surface area contributed by atoms with E-state index in [1.165, 1.54) is 5.56 Å². The first-order valence-corrected chi connectivity index (χ1v) is 6.01. The van der Waals surface area contributed by atoms with Crippen LogP contribution >= 0.6 is 11.6 Å². The lowest BCUT2D eigenvalue weighted by molar-refractivity contribution is 0.928. The number of aryl methyl sites for hydroxylation is 2. The fourth-order valence-electron chi connectivity index (χ4n) is 1.89. The standard InChI is InChI=1S/C13H16ClN3/c1-9-3-4-11(14)7-13(9)17-8-12(5-6-15)16-10(17)2/h3-4,7-8H,5-6,15H2,1-2H3. The van der Waals surface area contributed by atoms with E-state index in [4.69, 9.17) is 17.3 Å². The van der Waals surface area contributed by atoms with E-state index < -0.39 is 0 Å². The Balaban J connectivity index is 2.48. The number of rotatable bonds is 3. The Morgan fingerprint density at radius 1 is 1.35 bits per heavy atom. The van der Waals surface area contributed by atoms with Crippen LogP contribution in [0.4, 0.5) is 0 Å². The lowest BCUT2D eigenvalue weighted by Gasteiger charge is -2.08. The SMILES string of the molecule is Cc1ccc(Cl)cc1-n1cc(CCN)nc1C. The number of nitrogens with two attached hydrogens (primary N) is 1. The predicted octanol–water partition coefficient (Wildman–Crippen LogP) is 2.64. The molecule has 0 atom stereocenters. The van der Waals surface area contributed by atoms with Gasteiger partial charge in [-0.3, -0.25) is 0 Å². The molecule has 2 N–H and O–H groups in total. The van der Waals surface area contributed by atoms with Gasteiger partial charge in [-0.05, 0) is 38.1 Å². The zero-order chi connectivity index (χ0) is 12.4. The second-order valence-electron chi connectivity index (χ2n) is 4.12. The molecule has 0 aliphatic carbocycles. The summed E-state index contributed by atoms with van der Waals surface area (Å²) in [6.07, 6.45) is 2.83. The van der Waals surface area contributed by atoms with Gasteiger partial charge in [0.15, 0.2) is 0 Å². The van der Waals surface area contributed by atoms with Crippen molar-refractivity contribution in [3.8, 4) is 5.69 Å². The molecule has 2 rings (SSSR count). The van der Waals surface area contributed by atoms with Crippen molar-refractivity contribution < 1.29 is 0 Å². The highest BCUT2D eigenvalue weighted by Gasteiger charge is 2.08. The molecule has 0 aliphatic rings. The van der Waals surface area contributed by atoms with E-state index in [2.05, 4.69) is 16.5 Å². The number of aromatic nitrogens is 2. The quantitative estimate of drug-likeness (QED) is 0.909. The molecule has 1 aromatic carbocycles. The minimum atomic E-state index is 0.616. The molecule has 0 saturated carbocycles. The van der Waals surface area contributed by atoms with Gasteiger partial charge in [0, 0.05) is 17.6 Å². The van der Waals surface area contributed by atoms with Crippen LogP contribution in [0, 0.1) is 13.8 Å². The third-order valence-corrected chi connectivity index (χ3v) is 3.00. The molecular formula is C13H16ClN3. The average molecular weight is 250 g/mol. The summed E-state index contributed by atoms with van der Waals surface area (Å²) in [5, 5.41) is 0.735. The molecule has 0 radical (unpaired) electrons. The first-order chi connectivity index (χ1) is 8.11. The van der Waals surface area contributed by atoms with Crippen LogP contribution in [0.5, 0.6) is 0 Å². The van der Waals surface area contributed by atoms with Crippen LogP contribution in [0.3, 0.4) is 0 Å². The Labute approximate surface area is 106 Å². The van der Waals surface area contributed by atoms with Crippen LogP contribution in [0.1, 0.15) is 17.1 Å². The van der Waals surface area contributed by atoms with Crippen LogP contribution in [0.15, 0.2) is 24.4 Å². The van der Waals surface area contributed by atoms with Gasteiger partial charge in [-0.2, -0.15) is 0 Å². The monoisotopic (exact) mass is 249 g/mol. The fourth-order valence-corrected chi connectivity index (χ4v) is 2.05. The summed E-state index contributed by atoms with van der Waals surface area (Å²) in [5.41, 5.74) is 8.81. The summed E-state index contributed by atoms with van der Waals surface area (Å²) in [5.74, 6) is 0.957. The summed E-state index contributed by atoms with van der Waals surface area (Å²) in [6.45, 7) is 4.67. The largest absolute Gasteiger partial charge is 0.330 e. The molecule has 4 heteroatoms. The van der Waals surface area contributed by atoms with Crippen LogP contribution in [-0.2, 0) is 6.42 Å². The van der Waals surface area contributed by atoms with Crippen molar-refractivity contribution in [3.05, 3.63) is 46.5 Å². The molecule has 0 amide bonds. The lowest BCUT2D eigenvalue weighted by atomic mass is 10.2. The Morgan fingerprint density at radius 2 is 2.12 bits per heavy atom. The first-order valence-electron chi connectivity index (χ1n) is 5.63. The van der Waals surface area contributed by atoms with Crippen LogP contribution in [-0.4, -0.2) is 16.1 Å². The molecule has 17 heavy (non-hydrogen) atoms. The smallest absolute Gasteiger partial charge is 0.110 e. The van der Waals surface area contributed by atoms with Gasteiger partial charge in [-0.25, -0.2) is 4.98 Å². The molecule has 1 heterocycles. The molecule has 0 bridgehead atoms. The number of hydrogen-bond acceptors (Lipinski definition) is 2. The number of nitrogens with zero attached hydrogens (tertiary/aromatic N) is 2. The summed E-state index contributed by atoms with van der Waals surface area (Å²) in [4.78, 5) is 4.49. The molecule has 0 fully saturated rings. The zero-order valence-electron chi connectivity index (χ0n) is 10.1. The van der Waals surface area contributed by atoms with Gasteiger partial charge in [0.05, 0.1) is 11.4 Å². The highest BCUT2D eigenvalue weighted by Crippen LogP contribution is 2.21. The predicted molar refractivity (Wildman–Crippen MR) is 70.8 cm³/mol. The van der Waals surface area contributed by atoms with E-state index in [9.17, 15) is 0 Å². The molecule has 0 aliphatic heterocycles. The third kappa shape index (κ3) is 2.51. The summed E-state index contributed by atoms with van der Waals surface area (Å²) in [6, 6.07) is 5.87. The first kappa shape index (κ1) is 12.1. The zero-order valence-corrected chi connectivity index (χ0v) is 10.8. The van der Waals surface area contributed by atoms with Gasteiger partial charge in [0.25, 0.3) is 0 Å². The van der Waals surface area contributed by atoms with Gasteiger partial charge in [-0.15, -0.1) is 0 Å². The molecule has 0 unspecified atom stereocenters. The maximum Gasteiger partial charge on any atom is 0.110 e. The van der Waals surface area contributed by atoms with E-state index in [0.29, 0.717) is 6.54 Å². The Morgan fingerprint density at radius 3 is 2.82 bits per heavy atom. The Kier molecular flexibility index (Phi) is 3.50. The summed E-state index contributed by atoms with van der Waals surface area (Å²) in [7, 11) is 0. The molecule has 1 aromatic heterocycles. The Hall–Kier alpha value is -1.32. The van der Waals surface area contributed by atoms with Gasteiger partial charge in [0.1, 0.15) is 5.82 Å². The Bertz CT molecular complexity index is 531. The normalized spacial score (nSPS) is 10.8. The fraction of sp³-hybridized carbons (Fsp3) is 0.308. The molecule has 3 nitrogen and oxygen atoms in total. The second-order valence-corrected chi connectivity index (χ2v) is 4.56. The summed E-state index contributed by atoms with van der Waals surface area (Å²) < 4.78 is 2.06. The minimum Gasteiger partial charge on any atom is -0.330 e. The van der Waals surface area contributed by atoms with Gasteiger partial charge < -0.3 is 10.3 Å². The average Bonchev–Trinajstić information content (AvgIpc) is 2.64. The van der Waals surface area contributed by atoms with Crippen molar-refractivity contribution in [1.29, 1.82) is 0 Å². The second kappa shape index (κ2) is 4.90. The number of hydrogen-bond donors (Lipinski definition) is 1. The lowest BCUT2D eigenvalue weighted by Crippen LogP contribution is -2.02. The van der Waals surface area contributed by atoms with Crippen LogP contribution < -0.4 is 5.73 Å². The van der Waals surface area contributed by atoms with Crippen LogP contribution in [0.2, 0.25) is 5.02 Å². The van der Waals surface area contributed by atoms with E-state index >= 15 is 0 Å². The van der Waals surface area contributed by atoms with Crippen molar-refractivity contribution in [3.63, 3.8) is 0 Å². The number of halogens is 1. The molecule has 0 saturated heterocycles. The highest BCUT2D eigenvalue weighted by molar-refractivity contribution is 6.30. The van der Waals surface area contributed by atoms with Crippen molar-refractivity contribution >= 4 is 11.6 Å². The van der Waals surface area contributed by atoms with Gasteiger partial charge >= 0.3 is 0 Å². The van der Waals surface area contributed by atoms with Crippen LogP contribution in [0.25, 0.3) is 5.69 Å². The van der Waals surface area contributed by atoms with Crippen molar-refractivity contribution in [2.75, 3.05) is 6.54 Å². The van der Waals surface area contributed by atoms with E-state index in [1.54, 1.807) is 0 Å². The van der Waals surface area contributed by atoms with E-state index in [-0.39, 0.29) is 0 Å². The van der Waals surface area contributed by atoms with Gasteiger partial charge in [0.2, 0.25) is 0 Å². The number of benzene rings is 1. The van der Waals surface area contributed by atoms with Crippen molar-refractivity contribution in [1.82, 2.24) is 9.55 Å². The van der Waals surface area contributed by atoms with Crippen molar-refractivity contribution in [2.45, 2.75) is 20.3 Å². The maximum atomic E-state index is 6.03. The molecule has 90 valence electrons. The van der Waals surface area contributed by atoms with Gasteiger partial charge in [-0.1, -0.05) is 17.7 Å². The topological polar surface area (TPSA) is 43.8 Å². The molecule has 2 aromatic rings. The van der Waals surface area contributed by atoms with Crippen molar-refractivity contribution in [2.24, 2.45) is 5.73 Å². The van der Waals surface area contributed by atoms with E-state index in [0.717, 1.165) is 28.6 Å². The number of imidazole rings is 1. The highest BCUT2D eigenvalue weighted by atomic mass is 35.5.